The van der Waals surface area contributed by atoms with E-state index < -0.39 is 10.0 Å². The van der Waals surface area contributed by atoms with Crippen LogP contribution >= 0.6 is 27.5 Å². The number of sulfonamides is 1. The van der Waals surface area contributed by atoms with Gasteiger partial charge in [0.25, 0.3) is 0 Å². The monoisotopic (exact) mass is 341 g/mol. The van der Waals surface area contributed by atoms with Crippen LogP contribution in [0.2, 0.25) is 5.02 Å². The third kappa shape index (κ3) is 4.13. The molecule has 2 N–H and O–H groups in total. The molecule has 0 spiro atoms. The maximum atomic E-state index is 11.4. The Morgan fingerprint density at radius 1 is 1.47 bits per heavy atom. The minimum atomic E-state index is -3.86. The fraction of sp³-hybridized carbons (Fsp3) is 0.400. The summed E-state index contributed by atoms with van der Waals surface area (Å²) in [5, 5.41) is 5.33. The Morgan fingerprint density at radius 3 is 2.65 bits per heavy atom. The average molecular weight is 343 g/mol. The molecule has 0 fully saturated rings. The molecule has 0 aliphatic carbocycles. The van der Waals surface area contributed by atoms with Crippen LogP contribution < -0.4 is 9.88 Å². The van der Waals surface area contributed by atoms with E-state index in [0.29, 0.717) is 11.1 Å². The van der Waals surface area contributed by atoms with Gasteiger partial charge in [0.2, 0.25) is 10.0 Å². The minimum absolute atomic E-state index is 0.104. The third-order valence-corrected chi connectivity index (χ3v) is 3.68. The Labute approximate surface area is 114 Å². The summed E-state index contributed by atoms with van der Waals surface area (Å²) >= 11 is 9.11. The average Bonchev–Trinajstić information content (AvgIpc) is 2.19. The van der Waals surface area contributed by atoms with E-state index in [4.69, 9.17) is 21.5 Å². The second kappa shape index (κ2) is 6.04. The smallest absolute Gasteiger partial charge is 0.241 e. The van der Waals surface area contributed by atoms with Crippen LogP contribution in [0.5, 0.6) is 5.75 Å². The number of hydrogen-bond acceptors (Lipinski definition) is 3. The summed E-state index contributed by atoms with van der Waals surface area (Å²) in [7, 11) is -3.86. The van der Waals surface area contributed by atoms with Crippen molar-refractivity contribution in [3.63, 3.8) is 0 Å². The quantitative estimate of drug-likeness (QED) is 0.836. The summed E-state index contributed by atoms with van der Waals surface area (Å²) < 4.78 is 28.7. The van der Waals surface area contributed by atoms with E-state index in [-0.39, 0.29) is 15.7 Å². The Hall–Kier alpha value is -0.300. The van der Waals surface area contributed by atoms with Crippen molar-refractivity contribution < 1.29 is 13.2 Å². The standard InChI is InChI=1S/C10H13BrClNO3S/c1-2-3-4-16-10-8(12)5-7(11)6-9(10)17(13,14)15/h5-6H,2-4H2,1H3,(H2,13,14,15). The summed E-state index contributed by atoms with van der Waals surface area (Å²) in [5.41, 5.74) is 0. The van der Waals surface area contributed by atoms with Gasteiger partial charge < -0.3 is 4.74 Å². The van der Waals surface area contributed by atoms with Gasteiger partial charge in [0, 0.05) is 4.47 Å². The van der Waals surface area contributed by atoms with E-state index in [1.807, 2.05) is 6.92 Å². The van der Waals surface area contributed by atoms with E-state index in [1.165, 1.54) is 6.07 Å². The van der Waals surface area contributed by atoms with Gasteiger partial charge in [-0.1, -0.05) is 40.9 Å². The van der Waals surface area contributed by atoms with E-state index >= 15 is 0 Å². The first-order chi connectivity index (χ1) is 7.86. The van der Waals surface area contributed by atoms with Crippen LogP contribution in [0.25, 0.3) is 0 Å². The molecule has 0 unspecified atom stereocenters. The maximum Gasteiger partial charge on any atom is 0.241 e. The fourth-order valence-electron chi connectivity index (χ4n) is 1.21. The lowest BCUT2D eigenvalue weighted by molar-refractivity contribution is 0.302. The summed E-state index contributed by atoms with van der Waals surface area (Å²) in [6.45, 7) is 2.41. The van der Waals surface area contributed by atoms with Crippen molar-refractivity contribution in [3.8, 4) is 5.75 Å². The number of nitrogens with two attached hydrogens (primary N) is 1. The summed E-state index contributed by atoms with van der Waals surface area (Å²) in [6.07, 6.45) is 1.76. The number of rotatable bonds is 5. The Morgan fingerprint density at radius 2 is 2.12 bits per heavy atom. The van der Waals surface area contributed by atoms with Gasteiger partial charge in [-0.25, -0.2) is 13.6 Å². The van der Waals surface area contributed by atoms with Crippen molar-refractivity contribution in [3.05, 3.63) is 21.6 Å². The molecule has 96 valence electrons. The fourth-order valence-corrected chi connectivity index (χ4v) is 3.00. The van der Waals surface area contributed by atoms with Crippen molar-refractivity contribution >= 4 is 37.6 Å². The van der Waals surface area contributed by atoms with Crippen LogP contribution in [-0.4, -0.2) is 15.0 Å². The third-order valence-electron chi connectivity index (χ3n) is 2.03. The first-order valence-corrected chi connectivity index (χ1v) is 7.72. The molecule has 0 aliphatic rings. The van der Waals surface area contributed by atoms with E-state index in [0.717, 1.165) is 12.8 Å². The number of halogens is 2. The predicted molar refractivity (Wildman–Crippen MR) is 70.9 cm³/mol. The minimum Gasteiger partial charge on any atom is -0.491 e. The van der Waals surface area contributed by atoms with Gasteiger partial charge in [-0.2, -0.15) is 0 Å². The van der Waals surface area contributed by atoms with E-state index in [9.17, 15) is 8.42 Å². The molecule has 0 saturated heterocycles. The molecular formula is C10H13BrClNO3S. The summed E-state index contributed by atoms with van der Waals surface area (Å²) in [5.74, 6) is 0.116. The van der Waals surface area contributed by atoms with Gasteiger partial charge in [-0.05, 0) is 18.6 Å². The normalized spacial score (nSPS) is 11.5. The molecule has 1 rings (SSSR count). The van der Waals surface area contributed by atoms with Gasteiger partial charge in [0.05, 0.1) is 11.6 Å². The molecule has 0 bridgehead atoms. The van der Waals surface area contributed by atoms with Crippen LogP contribution in [-0.2, 0) is 10.0 Å². The molecule has 1 aromatic carbocycles. The van der Waals surface area contributed by atoms with Crippen LogP contribution in [0.3, 0.4) is 0 Å². The maximum absolute atomic E-state index is 11.4. The Balaban J connectivity index is 3.17. The second-order valence-electron chi connectivity index (χ2n) is 3.46. The van der Waals surface area contributed by atoms with Gasteiger partial charge in [-0.3, -0.25) is 0 Å². The lowest BCUT2D eigenvalue weighted by Crippen LogP contribution is -2.14. The number of unbranched alkanes of at least 4 members (excludes halogenated alkanes) is 1. The molecule has 0 atom stereocenters. The van der Waals surface area contributed by atoms with Crippen molar-refractivity contribution in [1.82, 2.24) is 0 Å². The topological polar surface area (TPSA) is 69.4 Å². The Bertz CT molecular complexity index is 505. The number of hydrogen-bond donors (Lipinski definition) is 1. The molecule has 17 heavy (non-hydrogen) atoms. The number of ether oxygens (including phenoxy) is 1. The van der Waals surface area contributed by atoms with Crippen molar-refractivity contribution in [2.75, 3.05) is 6.61 Å². The first-order valence-electron chi connectivity index (χ1n) is 5.01. The van der Waals surface area contributed by atoms with Crippen LogP contribution in [0.15, 0.2) is 21.5 Å². The molecule has 0 aromatic heterocycles. The van der Waals surface area contributed by atoms with Crippen molar-refractivity contribution in [2.24, 2.45) is 5.14 Å². The molecule has 0 aliphatic heterocycles. The highest BCUT2D eigenvalue weighted by atomic mass is 79.9. The summed E-state index contributed by atoms with van der Waals surface area (Å²) in [4.78, 5) is -0.104. The lowest BCUT2D eigenvalue weighted by Gasteiger charge is -2.12. The lowest BCUT2D eigenvalue weighted by atomic mass is 10.3. The molecule has 4 nitrogen and oxygen atoms in total. The molecular weight excluding hydrogens is 330 g/mol. The molecule has 1 aromatic rings. The zero-order chi connectivity index (χ0) is 13.1. The van der Waals surface area contributed by atoms with Crippen LogP contribution in [0.4, 0.5) is 0 Å². The zero-order valence-corrected chi connectivity index (χ0v) is 12.4. The Kier molecular flexibility index (Phi) is 5.24. The van der Waals surface area contributed by atoms with Crippen molar-refractivity contribution in [2.45, 2.75) is 24.7 Å². The van der Waals surface area contributed by atoms with Gasteiger partial charge in [0.1, 0.15) is 4.90 Å². The molecule has 0 amide bonds. The highest BCUT2D eigenvalue weighted by Crippen LogP contribution is 2.35. The number of primary sulfonamides is 1. The molecule has 0 saturated carbocycles. The largest absolute Gasteiger partial charge is 0.491 e. The summed E-state index contributed by atoms with van der Waals surface area (Å²) in [6, 6.07) is 2.94. The van der Waals surface area contributed by atoms with Crippen molar-refractivity contribution in [1.29, 1.82) is 0 Å². The van der Waals surface area contributed by atoms with Crippen LogP contribution in [0, 0.1) is 0 Å². The van der Waals surface area contributed by atoms with E-state index in [1.54, 1.807) is 6.07 Å². The number of benzene rings is 1. The molecule has 7 heteroatoms. The highest BCUT2D eigenvalue weighted by molar-refractivity contribution is 9.10. The predicted octanol–water partition coefficient (Wildman–Crippen LogP) is 2.93. The van der Waals surface area contributed by atoms with Gasteiger partial charge in [-0.15, -0.1) is 0 Å². The van der Waals surface area contributed by atoms with Crippen LogP contribution in [0.1, 0.15) is 19.8 Å². The first kappa shape index (κ1) is 14.8. The van der Waals surface area contributed by atoms with E-state index in [2.05, 4.69) is 15.9 Å². The molecule has 0 radical (unpaired) electrons. The molecule has 0 heterocycles. The zero-order valence-electron chi connectivity index (χ0n) is 9.24. The van der Waals surface area contributed by atoms with Gasteiger partial charge in [0.15, 0.2) is 5.75 Å². The van der Waals surface area contributed by atoms with Gasteiger partial charge >= 0.3 is 0 Å². The SMILES string of the molecule is CCCCOc1c(Cl)cc(Br)cc1S(N)(=O)=O. The second-order valence-corrected chi connectivity index (χ2v) is 6.31. The highest BCUT2D eigenvalue weighted by Gasteiger charge is 2.19.